The van der Waals surface area contributed by atoms with Crippen LogP contribution in [0.2, 0.25) is 0 Å². The standard InChI is InChI=1S/C9H11NO/c1-3-7-5-4-6-8(11-2)9(7)10/h3-6H,1,10H2,2H3. The first-order chi connectivity index (χ1) is 5.29. The molecule has 1 rings (SSSR count). The summed E-state index contributed by atoms with van der Waals surface area (Å²) < 4.78 is 5.01. The van der Waals surface area contributed by atoms with Crippen LogP contribution in [-0.4, -0.2) is 7.11 Å². The van der Waals surface area contributed by atoms with Gasteiger partial charge in [0.25, 0.3) is 0 Å². The van der Waals surface area contributed by atoms with E-state index in [-0.39, 0.29) is 0 Å². The molecule has 2 heteroatoms. The lowest BCUT2D eigenvalue weighted by atomic mass is 10.1. The third-order valence-electron chi connectivity index (χ3n) is 1.54. The summed E-state index contributed by atoms with van der Waals surface area (Å²) in [5.74, 6) is 0.697. The van der Waals surface area contributed by atoms with Gasteiger partial charge in [-0.1, -0.05) is 24.8 Å². The Hall–Kier alpha value is -1.44. The van der Waals surface area contributed by atoms with Crippen molar-refractivity contribution in [2.75, 3.05) is 12.8 Å². The molecule has 0 radical (unpaired) electrons. The third kappa shape index (κ3) is 1.34. The zero-order chi connectivity index (χ0) is 8.27. The summed E-state index contributed by atoms with van der Waals surface area (Å²) >= 11 is 0. The second-order valence-electron chi connectivity index (χ2n) is 2.17. The van der Waals surface area contributed by atoms with Gasteiger partial charge in [-0.2, -0.15) is 0 Å². The van der Waals surface area contributed by atoms with Gasteiger partial charge in [0.1, 0.15) is 5.75 Å². The third-order valence-corrected chi connectivity index (χ3v) is 1.54. The van der Waals surface area contributed by atoms with E-state index in [1.165, 1.54) is 0 Å². The number of ether oxygens (including phenoxy) is 1. The van der Waals surface area contributed by atoms with Crippen molar-refractivity contribution in [3.05, 3.63) is 30.3 Å². The highest BCUT2D eigenvalue weighted by molar-refractivity contribution is 5.69. The van der Waals surface area contributed by atoms with Crippen molar-refractivity contribution in [2.24, 2.45) is 0 Å². The number of methoxy groups -OCH3 is 1. The second-order valence-corrected chi connectivity index (χ2v) is 2.17. The number of nitrogen functional groups attached to an aromatic ring is 1. The molecule has 0 aliphatic carbocycles. The molecule has 0 aromatic heterocycles. The number of nitrogens with two attached hydrogens (primary N) is 1. The van der Waals surface area contributed by atoms with E-state index < -0.39 is 0 Å². The maximum absolute atomic E-state index is 5.71. The maximum atomic E-state index is 5.71. The van der Waals surface area contributed by atoms with Gasteiger partial charge in [-0.3, -0.25) is 0 Å². The molecule has 0 fully saturated rings. The number of para-hydroxylation sites is 1. The van der Waals surface area contributed by atoms with E-state index in [2.05, 4.69) is 6.58 Å². The Kier molecular flexibility index (Phi) is 2.16. The molecule has 2 nitrogen and oxygen atoms in total. The molecule has 0 saturated carbocycles. The van der Waals surface area contributed by atoms with Crippen LogP contribution in [0.1, 0.15) is 5.56 Å². The Morgan fingerprint density at radius 3 is 2.82 bits per heavy atom. The molecule has 0 heterocycles. The summed E-state index contributed by atoms with van der Waals surface area (Å²) in [6.45, 7) is 3.63. The van der Waals surface area contributed by atoms with Crippen molar-refractivity contribution in [3.8, 4) is 5.75 Å². The molecule has 2 N–H and O–H groups in total. The van der Waals surface area contributed by atoms with Crippen LogP contribution in [0, 0.1) is 0 Å². The van der Waals surface area contributed by atoms with E-state index in [4.69, 9.17) is 10.5 Å². The number of benzene rings is 1. The fraction of sp³-hybridized carbons (Fsp3) is 0.111. The predicted octanol–water partition coefficient (Wildman–Crippen LogP) is 1.92. The highest BCUT2D eigenvalue weighted by atomic mass is 16.5. The fourth-order valence-electron chi connectivity index (χ4n) is 0.917. The molecule has 58 valence electrons. The van der Waals surface area contributed by atoms with Gasteiger partial charge < -0.3 is 10.5 Å². The van der Waals surface area contributed by atoms with Crippen LogP contribution in [0.4, 0.5) is 5.69 Å². The number of hydrogen-bond donors (Lipinski definition) is 1. The monoisotopic (exact) mass is 149 g/mol. The van der Waals surface area contributed by atoms with E-state index >= 15 is 0 Å². The van der Waals surface area contributed by atoms with Gasteiger partial charge in [-0.05, 0) is 6.07 Å². The minimum atomic E-state index is 0.644. The Morgan fingerprint density at radius 1 is 1.55 bits per heavy atom. The molecule has 0 bridgehead atoms. The molecule has 0 spiro atoms. The van der Waals surface area contributed by atoms with Crippen LogP contribution in [0.3, 0.4) is 0 Å². The molecule has 11 heavy (non-hydrogen) atoms. The van der Waals surface area contributed by atoms with Gasteiger partial charge in [0.2, 0.25) is 0 Å². The molecule has 0 amide bonds. The van der Waals surface area contributed by atoms with Crippen molar-refractivity contribution in [1.82, 2.24) is 0 Å². The van der Waals surface area contributed by atoms with Gasteiger partial charge in [0, 0.05) is 5.56 Å². The van der Waals surface area contributed by atoms with E-state index in [0.717, 1.165) is 5.56 Å². The zero-order valence-corrected chi connectivity index (χ0v) is 6.50. The zero-order valence-electron chi connectivity index (χ0n) is 6.50. The number of anilines is 1. The summed E-state index contributed by atoms with van der Waals surface area (Å²) in [5, 5.41) is 0. The summed E-state index contributed by atoms with van der Waals surface area (Å²) in [5.41, 5.74) is 7.26. The lowest BCUT2D eigenvalue weighted by Crippen LogP contribution is -1.94. The summed E-state index contributed by atoms with van der Waals surface area (Å²) in [4.78, 5) is 0. The molecule has 0 atom stereocenters. The number of hydrogen-bond acceptors (Lipinski definition) is 2. The van der Waals surface area contributed by atoms with E-state index in [9.17, 15) is 0 Å². The second kappa shape index (κ2) is 3.10. The first-order valence-corrected chi connectivity index (χ1v) is 3.34. The average molecular weight is 149 g/mol. The Morgan fingerprint density at radius 2 is 2.27 bits per heavy atom. The summed E-state index contributed by atoms with van der Waals surface area (Å²) in [6.07, 6.45) is 1.71. The first-order valence-electron chi connectivity index (χ1n) is 3.34. The van der Waals surface area contributed by atoms with Gasteiger partial charge >= 0.3 is 0 Å². The molecule has 0 unspecified atom stereocenters. The highest BCUT2D eigenvalue weighted by Crippen LogP contribution is 2.24. The normalized spacial score (nSPS) is 9.18. The first kappa shape index (κ1) is 7.66. The van der Waals surface area contributed by atoms with Crippen LogP contribution in [0.5, 0.6) is 5.75 Å². The van der Waals surface area contributed by atoms with Crippen LogP contribution in [0.15, 0.2) is 24.8 Å². The molecular formula is C9H11NO. The van der Waals surface area contributed by atoms with E-state index in [1.807, 2.05) is 18.2 Å². The smallest absolute Gasteiger partial charge is 0.142 e. The molecule has 0 aliphatic heterocycles. The molecule has 1 aromatic carbocycles. The Balaban J connectivity index is 3.20. The highest BCUT2D eigenvalue weighted by Gasteiger charge is 1.99. The van der Waals surface area contributed by atoms with Crippen molar-refractivity contribution in [3.63, 3.8) is 0 Å². The summed E-state index contributed by atoms with van der Waals surface area (Å²) in [6, 6.07) is 5.60. The van der Waals surface area contributed by atoms with Crippen molar-refractivity contribution >= 4 is 11.8 Å². The molecule has 0 saturated heterocycles. The molecule has 1 aromatic rings. The molecular weight excluding hydrogens is 138 g/mol. The van der Waals surface area contributed by atoms with Crippen LogP contribution in [0.25, 0.3) is 6.08 Å². The van der Waals surface area contributed by atoms with Gasteiger partial charge in [0.15, 0.2) is 0 Å². The van der Waals surface area contributed by atoms with Crippen LogP contribution >= 0.6 is 0 Å². The largest absolute Gasteiger partial charge is 0.495 e. The lowest BCUT2D eigenvalue weighted by molar-refractivity contribution is 0.417. The minimum absolute atomic E-state index is 0.644. The van der Waals surface area contributed by atoms with Crippen molar-refractivity contribution < 1.29 is 4.74 Å². The molecule has 0 aliphatic rings. The fourth-order valence-corrected chi connectivity index (χ4v) is 0.917. The van der Waals surface area contributed by atoms with Crippen molar-refractivity contribution in [2.45, 2.75) is 0 Å². The van der Waals surface area contributed by atoms with Gasteiger partial charge in [0.05, 0.1) is 12.8 Å². The quantitative estimate of drug-likeness (QED) is 0.652. The van der Waals surface area contributed by atoms with Crippen LogP contribution < -0.4 is 10.5 Å². The maximum Gasteiger partial charge on any atom is 0.142 e. The van der Waals surface area contributed by atoms with E-state index in [0.29, 0.717) is 11.4 Å². The SMILES string of the molecule is C=Cc1cccc(OC)c1N. The lowest BCUT2D eigenvalue weighted by Gasteiger charge is -2.05. The topological polar surface area (TPSA) is 35.2 Å². The van der Waals surface area contributed by atoms with Crippen LogP contribution in [-0.2, 0) is 0 Å². The Bertz CT molecular complexity index is 268. The predicted molar refractivity (Wildman–Crippen MR) is 47.5 cm³/mol. The minimum Gasteiger partial charge on any atom is -0.495 e. The van der Waals surface area contributed by atoms with Gasteiger partial charge in [-0.25, -0.2) is 0 Å². The van der Waals surface area contributed by atoms with Crippen molar-refractivity contribution in [1.29, 1.82) is 0 Å². The number of rotatable bonds is 2. The van der Waals surface area contributed by atoms with E-state index in [1.54, 1.807) is 13.2 Å². The Labute approximate surface area is 66.3 Å². The summed E-state index contributed by atoms with van der Waals surface area (Å²) in [7, 11) is 1.60. The average Bonchev–Trinajstić information content (AvgIpc) is 2.05. The van der Waals surface area contributed by atoms with Gasteiger partial charge in [-0.15, -0.1) is 0 Å².